The van der Waals surface area contributed by atoms with E-state index in [0.29, 0.717) is 13.1 Å². The molecule has 5 heteroatoms. The van der Waals surface area contributed by atoms with E-state index in [2.05, 4.69) is 9.88 Å². The van der Waals surface area contributed by atoms with E-state index in [9.17, 15) is 9.18 Å². The summed E-state index contributed by atoms with van der Waals surface area (Å²) >= 11 is 0. The second-order valence-corrected chi connectivity index (χ2v) is 7.27. The van der Waals surface area contributed by atoms with Crippen LogP contribution < -0.4 is 5.32 Å². The molecule has 0 radical (unpaired) electrons. The van der Waals surface area contributed by atoms with Crippen LogP contribution in [-0.4, -0.2) is 34.0 Å². The Morgan fingerprint density at radius 1 is 1.21 bits per heavy atom. The SMILES string of the molecule is CC(C)(C)NCC(=O)N1CCn2cccc2C1c1ccc(F)cc1. The van der Waals surface area contributed by atoms with Crippen LogP contribution in [0.4, 0.5) is 4.39 Å². The average molecular weight is 329 g/mol. The Hall–Kier alpha value is -2.14. The topological polar surface area (TPSA) is 37.3 Å². The Morgan fingerprint density at radius 2 is 1.92 bits per heavy atom. The number of nitrogens with zero attached hydrogens (tertiary/aromatic N) is 2. The molecule has 1 N–H and O–H groups in total. The summed E-state index contributed by atoms with van der Waals surface area (Å²) in [5, 5.41) is 3.26. The zero-order valence-electron chi connectivity index (χ0n) is 14.4. The van der Waals surface area contributed by atoms with Crippen LogP contribution in [0.1, 0.15) is 38.1 Å². The smallest absolute Gasteiger partial charge is 0.237 e. The van der Waals surface area contributed by atoms with E-state index in [4.69, 9.17) is 0 Å². The lowest BCUT2D eigenvalue weighted by Crippen LogP contribution is -2.49. The zero-order valence-corrected chi connectivity index (χ0v) is 14.4. The Morgan fingerprint density at radius 3 is 2.58 bits per heavy atom. The molecule has 4 nitrogen and oxygen atoms in total. The molecule has 1 atom stereocenters. The fourth-order valence-corrected chi connectivity index (χ4v) is 3.09. The maximum atomic E-state index is 13.3. The number of halogens is 1. The molecule has 1 amide bonds. The fourth-order valence-electron chi connectivity index (χ4n) is 3.09. The first-order chi connectivity index (χ1) is 11.3. The first-order valence-corrected chi connectivity index (χ1v) is 8.30. The number of nitrogens with one attached hydrogen (secondary N) is 1. The number of hydrogen-bond donors (Lipinski definition) is 1. The number of fused-ring (bicyclic) bond motifs is 1. The highest BCUT2D eigenvalue weighted by Crippen LogP contribution is 2.32. The quantitative estimate of drug-likeness (QED) is 0.940. The molecule has 0 spiro atoms. The van der Waals surface area contributed by atoms with Gasteiger partial charge >= 0.3 is 0 Å². The molecule has 0 saturated carbocycles. The first-order valence-electron chi connectivity index (χ1n) is 8.30. The van der Waals surface area contributed by atoms with Crippen molar-refractivity contribution in [2.24, 2.45) is 0 Å². The summed E-state index contributed by atoms with van der Waals surface area (Å²) in [6, 6.07) is 10.3. The van der Waals surface area contributed by atoms with E-state index in [0.717, 1.165) is 17.8 Å². The van der Waals surface area contributed by atoms with Crippen LogP contribution in [0.25, 0.3) is 0 Å². The third-order valence-electron chi connectivity index (χ3n) is 4.31. The van der Waals surface area contributed by atoms with Crippen molar-refractivity contribution in [3.8, 4) is 0 Å². The Balaban J connectivity index is 1.90. The summed E-state index contributed by atoms with van der Waals surface area (Å²) in [7, 11) is 0. The molecule has 0 saturated heterocycles. The Bertz CT molecular complexity index is 715. The summed E-state index contributed by atoms with van der Waals surface area (Å²) in [5.74, 6) is -0.205. The molecule has 3 rings (SSSR count). The van der Waals surface area contributed by atoms with Gasteiger partial charge in [-0.2, -0.15) is 0 Å². The van der Waals surface area contributed by atoms with Gasteiger partial charge in [0.2, 0.25) is 5.91 Å². The number of amides is 1. The molecule has 24 heavy (non-hydrogen) atoms. The molecule has 1 aromatic heterocycles. The lowest BCUT2D eigenvalue weighted by atomic mass is 9.99. The maximum absolute atomic E-state index is 13.3. The summed E-state index contributed by atoms with van der Waals surface area (Å²) in [4.78, 5) is 14.7. The van der Waals surface area contributed by atoms with E-state index < -0.39 is 0 Å². The molecule has 0 bridgehead atoms. The third-order valence-corrected chi connectivity index (χ3v) is 4.31. The average Bonchev–Trinajstić information content (AvgIpc) is 3.00. The van der Waals surface area contributed by atoms with Crippen LogP contribution >= 0.6 is 0 Å². The third kappa shape index (κ3) is 3.51. The van der Waals surface area contributed by atoms with Gasteiger partial charge < -0.3 is 14.8 Å². The summed E-state index contributed by atoms with van der Waals surface area (Å²) in [5.41, 5.74) is 1.88. The predicted octanol–water partition coefficient (Wildman–Crippen LogP) is 2.95. The molecule has 128 valence electrons. The van der Waals surface area contributed by atoms with Crippen molar-refractivity contribution in [2.45, 2.75) is 38.9 Å². The zero-order chi connectivity index (χ0) is 17.3. The summed E-state index contributed by atoms with van der Waals surface area (Å²) < 4.78 is 15.5. The van der Waals surface area contributed by atoms with E-state index >= 15 is 0 Å². The van der Waals surface area contributed by atoms with Crippen molar-refractivity contribution in [2.75, 3.05) is 13.1 Å². The molecule has 2 aromatic rings. The molecule has 2 heterocycles. The van der Waals surface area contributed by atoms with Crippen molar-refractivity contribution in [1.29, 1.82) is 0 Å². The standard InChI is InChI=1S/C19H24FN3O/c1-19(2,3)21-13-17(24)23-12-11-22-10-4-5-16(22)18(23)14-6-8-15(20)9-7-14/h4-10,18,21H,11-13H2,1-3H3. The van der Waals surface area contributed by atoms with Crippen LogP contribution in [0.2, 0.25) is 0 Å². The highest BCUT2D eigenvalue weighted by Gasteiger charge is 2.32. The Kier molecular flexibility index (Phi) is 4.45. The van der Waals surface area contributed by atoms with Gasteiger partial charge in [-0.1, -0.05) is 12.1 Å². The molecular weight excluding hydrogens is 305 g/mol. The van der Waals surface area contributed by atoms with Gasteiger partial charge in [0.1, 0.15) is 5.82 Å². The van der Waals surface area contributed by atoms with Crippen molar-refractivity contribution in [3.63, 3.8) is 0 Å². The van der Waals surface area contributed by atoms with Crippen LogP contribution in [0.15, 0.2) is 42.6 Å². The van der Waals surface area contributed by atoms with Gasteiger partial charge in [-0.05, 0) is 50.6 Å². The molecule has 1 aromatic carbocycles. The molecule has 0 fully saturated rings. The number of aromatic nitrogens is 1. The molecular formula is C19H24FN3O. The maximum Gasteiger partial charge on any atom is 0.237 e. The van der Waals surface area contributed by atoms with Gasteiger partial charge in [0.15, 0.2) is 0 Å². The van der Waals surface area contributed by atoms with E-state index in [1.807, 2.05) is 44.0 Å². The highest BCUT2D eigenvalue weighted by molar-refractivity contribution is 5.79. The van der Waals surface area contributed by atoms with Gasteiger partial charge in [0, 0.05) is 30.5 Å². The second kappa shape index (κ2) is 6.40. The van der Waals surface area contributed by atoms with Crippen LogP contribution in [0.5, 0.6) is 0 Å². The molecule has 1 aliphatic heterocycles. The number of benzene rings is 1. The van der Waals surface area contributed by atoms with Gasteiger partial charge in [0.05, 0.1) is 12.6 Å². The van der Waals surface area contributed by atoms with Crippen LogP contribution in [0.3, 0.4) is 0 Å². The van der Waals surface area contributed by atoms with Gasteiger partial charge in [-0.25, -0.2) is 4.39 Å². The summed E-state index contributed by atoms with van der Waals surface area (Å²) in [6.07, 6.45) is 2.03. The van der Waals surface area contributed by atoms with E-state index in [-0.39, 0.29) is 23.3 Å². The molecule has 1 unspecified atom stereocenters. The van der Waals surface area contributed by atoms with Crippen LogP contribution in [-0.2, 0) is 11.3 Å². The lowest BCUT2D eigenvalue weighted by Gasteiger charge is -2.38. The van der Waals surface area contributed by atoms with Crippen LogP contribution in [0, 0.1) is 5.82 Å². The second-order valence-electron chi connectivity index (χ2n) is 7.27. The monoisotopic (exact) mass is 329 g/mol. The Labute approximate surface area is 142 Å². The largest absolute Gasteiger partial charge is 0.348 e. The van der Waals surface area contributed by atoms with Crippen molar-refractivity contribution in [3.05, 3.63) is 59.7 Å². The van der Waals surface area contributed by atoms with Gasteiger partial charge in [-0.15, -0.1) is 0 Å². The number of hydrogen-bond acceptors (Lipinski definition) is 2. The minimum atomic E-state index is -0.266. The minimum Gasteiger partial charge on any atom is -0.348 e. The minimum absolute atomic E-state index is 0.0618. The van der Waals surface area contributed by atoms with Crippen molar-refractivity contribution >= 4 is 5.91 Å². The van der Waals surface area contributed by atoms with Crippen molar-refractivity contribution < 1.29 is 9.18 Å². The van der Waals surface area contributed by atoms with Gasteiger partial charge in [0.25, 0.3) is 0 Å². The summed E-state index contributed by atoms with van der Waals surface area (Å²) in [6.45, 7) is 7.84. The van der Waals surface area contributed by atoms with E-state index in [1.54, 1.807) is 12.1 Å². The number of rotatable bonds is 3. The highest BCUT2D eigenvalue weighted by atomic mass is 19.1. The van der Waals surface area contributed by atoms with Crippen molar-refractivity contribution in [1.82, 2.24) is 14.8 Å². The predicted molar refractivity (Wildman–Crippen MR) is 92.1 cm³/mol. The lowest BCUT2D eigenvalue weighted by molar-refractivity contribution is -0.133. The number of carbonyl (C=O) groups excluding carboxylic acids is 1. The van der Waals surface area contributed by atoms with E-state index in [1.165, 1.54) is 12.1 Å². The normalized spacial score (nSPS) is 17.7. The fraction of sp³-hybridized carbons (Fsp3) is 0.421. The molecule has 0 aliphatic carbocycles. The van der Waals surface area contributed by atoms with Gasteiger partial charge in [-0.3, -0.25) is 4.79 Å². The number of carbonyl (C=O) groups is 1. The molecule has 1 aliphatic rings. The first kappa shape index (κ1) is 16.7.